The summed E-state index contributed by atoms with van der Waals surface area (Å²) >= 11 is 0. The van der Waals surface area contributed by atoms with Crippen molar-refractivity contribution < 1.29 is 23.8 Å². The Morgan fingerprint density at radius 2 is 1.82 bits per heavy atom. The third kappa shape index (κ3) is 5.61. The molecule has 0 saturated carbocycles. The van der Waals surface area contributed by atoms with Crippen molar-refractivity contribution in [2.24, 2.45) is 4.99 Å². The molecule has 0 spiro atoms. The summed E-state index contributed by atoms with van der Waals surface area (Å²) in [5, 5.41) is 0. The van der Waals surface area contributed by atoms with Crippen molar-refractivity contribution in [2.45, 2.75) is 33.1 Å². The van der Waals surface area contributed by atoms with E-state index in [-0.39, 0.29) is 24.1 Å². The van der Waals surface area contributed by atoms with E-state index in [0.29, 0.717) is 23.7 Å². The maximum atomic E-state index is 12.4. The minimum absolute atomic E-state index is 0.0185. The van der Waals surface area contributed by atoms with E-state index in [4.69, 9.17) is 14.2 Å². The van der Waals surface area contributed by atoms with Crippen LogP contribution >= 0.6 is 0 Å². The van der Waals surface area contributed by atoms with Gasteiger partial charge in [-0.2, -0.15) is 0 Å². The number of carbonyl (C=O) groups excluding carboxylic acids is 2. The molecule has 1 saturated heterocycles. The summed E-state index contributed by atoms with van der Waals surface area (Å²) < 4.78 is 16.8. The smallest absolute Gasteiger partial charge is 0.363 e. The van der Waals surface area contributed by atoms with E-state index in [9.17, 15) is 9.59 Å². The Labute approximate surface area is 193 Å². The topological polar surface area (TPSA) is 77.4 Å². The molecule has 2 aromatic rings. The molecule has 1 amide bonds. The standard InChI is InChI=1S/C26H28N2O5/c1-3-31-23-16-19(9-12-22(23)32-17-24(29)28-13-5-4-6-14-28)15-21-26(30)33-25(27-21)20-10-7-18(2)8-11-20/h7-12,15-16H,3-6,13-14,17H2,1-2H3/b21-15-. The van der Waals surface area contributed by atoms with Crippen LogP contribution in [0.5, 0.6) is 11.5 Å². The summed E-state index contributed by atoms with van der Waals surface area (Å²) in [7, 11) is 0. The van der Waals surface area contributed by atoms with E-state index in [0.717, 1.165) is 37.1 Å². The van der Waals surface area contributed by atoms with Crippen LogP contribution in [0.1, 0.15) is 42.9 Å². The lowest BCUT2D eigenvalue weighted by atomic mass is 10.1. The number of rotatable bonds is 7. The number of benzene rings is 2. The van der Waals surface area contributed by atoms with Crippen LogP contribution < -0.4 is 9.47 Å². The Morgan fingerprint density at radius 1 is 1.06 bits per heavy atom. The number of piperidine rings is 1. The summed E-state index contributed by atoms with van der Waals surface area (Å²) in [6.07, 6.45) is 4.89. The lowest BCUT2D eigenvalue weighted by molar-refractivity contribution is -0.134. The van der Waals surface area contributed by atoms with Crippen LogP contribution in [0.3, 0.4) is 0 Å². The van der Waals surface area contributed by atoms with Crippen molar-refractivity contribution in [1.82, 2.24) is 4.90 Å². The van der Waals surface area contributed by atoms with E-state index in [1.165, 1.54) is 6.42 Å². The number of hydrogen-bond acceptors (Lipinski definition) is 6. The fourth-order valence-corrected chi connectivity index (χ4v) is 3.76. The zero-order chi connectivity index (χ0) is 23.2. The first kappa shape index (κ1) is 22.6. The SMILES string of the molecule is CCOc1cc(/C=C2\N=C(c3ccc(C)cc3)OC2=O)ccc1OCC(=O)N1CCCCC1. The first-order valence-electron chi connectivity index (χ1n) is 11.3. The monoisotopic (exact) mass is 448 g/mol. The molecule has 7 heteroatoms. The van der Waals surface area contributed by atoms with E-state index in [2.05, 4.69) is 4.99 Å². The molecule has 0 atom stereocenters. The van der Waals surface area contributed by atoms with Crippen LogP contribution in [-0.4, -0.2) is 49.0 Å². The normalized spacial score (nSPS) is 17.0. The number of cyclic esters (lactones) is 1. The summed E-state index contributed by atoms with van der Waals surface area (Å²) in [5.41, 5.74) is 2.79. The van der Waals surface area contributed by atoms with E-state index < -0.39 is 5.97 Å². The lowest BCUT2D eigenvalue weighted by Crippen LogP contribution is -2.38. The first-order chi connectivity index (χ1) is 16.0. The number of likely N-dealkylation sites (tertiary alicyclic amines) is 1. The second-order valence-corrected chi connectivity index (χ2v) is 8.07. The molecule has 2 aliphatic heterocycles. The van der Waals surface area contributed by atoms with Crippen molar-refractivity contribution in [2.75, 3.05) is 26.3 Å². The molecule has 0 bridgehead atoms. The van der Waals surface area contributed by atoms with E-state index >= 15 is 0 Å². The number of amides is 1. The van der Waals surface area contributed by atoms with Gasteiger partial charge in [0.05, 0.1) is 6.61 Å². The number of carbonyl (C=O) groups is 2. The van der Waals surface area contributed by atoms with Gasteiger partial charge < -0.3 is 19.1 Å². The highest BCUT2D eigenvalue weighted by Crippen LogP contribution is 2.30. The van der Waals surface area contributed by atoms with Gasteiger partial charge in [0.25, 0.3) is 5.91 Å². The number of aliphatic imine (C=N–C) groups is 1. The minimum Gasteiger partial charge on any atom is -0.490 e. The van der Waals surface area contributed by atoms with Crippen molar-refractivity contribution in [1.29, 1.82) is 0 Å². The van der Waals surface area contributed by atoms with Crippen LogP contribution in [0, 0.1) is 6.92 Å². The van der Waals surface area contributed by atoms with Gasteiger partial charge in [-0.3, -0.25) is 4.79 Å². The molecule has 7 nitrogen and oxygen atoms in total. The van der Waals surface area contributed by atoms with Crippen molar-refractivity contribution in [3.05, 3.63) is 64.9 Å². The summed E-state index contributed by atoms with van der Waals surface area (Å²) in [6, 6.07) is 12.9. The van der Waals surface area contributed by atoms with Crippen LogP contribution in [0.4, 0.5) is 0 Å². The summed E-state index contributed by atoms with van der Waals surface area (Å²) in [5.74, 6) is 0.757. The molecule has 172 valence electrons. The molecule has 2 heterocycles. The fraction of sp³-hybridized carbons (Fsp3) is 0.346. The Balaban J connectivity index is 1.49. The second-order valence-electron chi connectivity index (χ2n) is 8.07. The van der Waals surface area contributed by atoms with Gasteiger partial charge in [-0.05, 0) is 69.0 Å². The highest BCUT2D eigenvalue weighted by Gasteiger charge is 2.24. The molecule has 4 rings (SSSR count). The molecule has 2 aliphatic rings. The van der Waals surface area contributed by atoms with Gasteiger partial charge in [0.15, 0.2) is 23.8 Å². The molecular weight excluding hydrogens is 420 g/mol. The average molecular weight is 449 g/mol. The zero-order valence-corrected chi connectivity index (χ0v) is 19.0. The van der Waals surface area contributed by atoms with E-state index in [1.54, 1.807) is 24.3 Å². The maximum Gasteiger partial charge on any atom is 0.363 e. The van der Waals surface area contributed by atoms with Crippen LogP contribution in [0.2, 0.25) is 0 Å². The molecule has 0 aliphatic carbocycles. The highest BCUT2D eigenvalue weighted by atomic mass is 16.6. The second kappa shape index (κ2) is 10.3. The maximum absolute atomic E-state index is 12.4. The van der Waals surface area contributed by atoms with Gasteiger partial charge in [0, 0.05) is 18.7 Å². The van der Waals surface area contributed by atoms with Gasteiger partial charge in [-0.15, -0.1) is 0 Å². The van der Waals surface area contributed by atoms with Gasteiger partial charge in [-0.25, -0.2) is 9.79 Å². The Kier molecular flexibility index (Phi) is 7.07. The lowest BCUT2D eigenvalue weighted by Gasteiger charge is -2.26. The molecule has 0 radical (unpaired) electrons. The Bertz CT molecular complexity index is 1080. The first-order valence-corrected chi connectivity index (χ1v) is 11.3. The average Bonchev–Trinajstić information content (AvgIpc) is 3.19. The minimum atomic E-state index is -0.504. The molecule has 33 heavy (non-hydrogen) atoms. The largest absolute Gasteiger partial charge is 0.490 e. The van der Waals surface area contributed by atoms with Crippen LogP contribution in [0.25, 0.3) is 6.08 Å². The van der Waals surface area contributed by atoms with E-state index in [1.807, 2.05) is 43.0 Å². The van der Waals surface area contributed by atoms with Gasteiger partial charge in [0.2, 0.25) is 5.90 Å². The number of esters is 1. The zero-order valence-electron chi connectivity index (χ0n) is 19.0. The highest BCUT2D eigenvalue weighted by molar-refractivity contribution is 6.12. The molecule has 0 N–H and O–H groups in total. The summed E-state index contributed by atoms with van der Waals surface area (Å²) in [4.78, 5) is 31.0. The van der Waals surface area contributed by atoms with Crippen molar-refractivity contribution in [3.63, 3.8) is 0 Å². The molecule has 1 fully saturated rings. The fourth-order valence-electron chi connectivity index (χ4n) is 3.76. The van der Waals surface area contributed by atoms with Crippen LogP contribution in [0.15, 0.2) is 53.2 Å². The molecule has 0 aromatic heterocycles. The van der Waals surface area contributed by atoms with Crippen molar-refractivity contribution in [3.8, 4) is 11.5 Å². The van der Waals surface area contributed by atoms with Crippen LogP contribution in [-0.2, 0) is 14.3 Å². The predicted molar refractivity (Wildman–Crippen MR) is 125 cm³/mol. The third-order valence-electron chi connectivity index (χ3n) is 5.55. The quantitative estimate of drug-likeness (QED) is 0.470. The molecule has 2 aromatic carbocycles. The van der Waals surface area contributed by atoms with Crippen molar-refractivity contribution >= 4 is 23.9 Å². The third-order valence-corrected chi connectivity index (χ3v) is 5.55. The number of nitrogens with zero attached hydrogens (tertiary/aromatic N) is 2. The summed E-state index contributed by atoms with van der Waals surface area (Å²) in [6.45, 7) is 5.85. The number of aryl methyl sites for hydroxylation is 1. The molecular formula is C26H28N2O5. The van der Waals surface area contributed by atoms with Gasteiger partial charge >= 0.3 is 5.97 Å². The molecule has 0 unspecified atom stereocenters. The predicted octanol–water partition coefficient (Wildman–Crippen LogP) is 4.13. The number of ether oxygens (including phenoxy) is 3. The van der Waals surface area contributed by atoms with Gasteiger partial charge in [-0.1, -0.05) is 23.8 Å². The number of hydrogen-bond donors (Lipinski definition) is 0. The van der Waals surface area contributed by atoms with Gasteiger partial charge in [0.1, 0.15) is 0 Å². The Morgan fingerprint density at radius 3 is 2.55 bits per heavy atom. The Hall–Kier alpha value is -3.61.